The molecule has 2 atom stereocenters. The van der Waals surface area contributed by atoms with Crippen molar-refractivity contribution in [1.29, 1.82) is 0 Å². The standard InChI is InChI=1S/C22H37N3O3/c1-5-8-17(9-10-26)14-24-22(23-6-2)25-15-19-13-21-18(11-16(4)28-21)12-20(19)27-7-3/h12-13,16-17,26H,5-11,14-15H2,1-4H3,(H2,23,24,25). The molecule has 0 radical (unpaired) electrons. The first-order chi connectivity index (χ1) is 13.6. The quantitative estimate of drug-likeness (QED) is 0.399. The van der Waals surface area contributed by atoms with Gasteiger partial charge in [0.05, 0.1) is 13.2 Å². The Kier molecular flexibility index (Phi) is 9.41. The molecule has 158 valence electrons. The number of aliphatic imine (C=N–C) groups is 1. The van der Waals surface area contributed by atoms with E-state index in [9.17, 15) is 5.11 Å². The summed E-state index contributed by atoms with van der Waals surface area (Å²) in [6.07, 6.45) is 4.17. The topological polar surface area (TPSA) is 75.1 Å². The number of hydrogen-bond donors (Lipinski definition) is 3. The maximum absolute atomic E-state index is 9.26. The van der Waals surface area contributed by atoms with E-state index < -0.39 is 0 Å². The average Bonchev–Trinajstić information content (AvgIpc) is 3.03. The van der Waals surface area contributed by atoms with Gasteiger partial charge >= 0.3 is 0 Å². The second kappa shape index (κ2) is 11.8. The molecule has 6 nitrogen and oxygen atoms in total. The second-order valence-corrected chi connectivity index (χ2v) is 7.38. The first-order valence-electron chi connectivity index (χ1n) is 10.7. The summed E-state index contributed by atoms with van der Waals surface area (Å²) in [5.74, 6) is 3.08. The highest BCUT2D eigenvalue weighted by atomic mass is 16.5. The molecule has 0 bridgehead atoms. The lowest BCUT2D eigenvalue weighted by atomic mass is 10.0. The lowest BCUT2D eigenvalue weighted by molar-refractivity contribution is 0.251. The zero-order valence-electron chi connectivity index (χ0n) is 17.9. The molecule has 0 saturated carbocycles. The fourth-order valence-electron chi connectivity index (χ4n) is 3.58. The summed E-state index contributed by atoms with van der Waals surface area (Å²) in [4.78, 5) is 4.76. The molecule has 1 aromatic carbocycles. The zero-order valence-corrected chi connectivity index (χ0v) is 17.9. The van der Waals surface area contributed by atoms with Crippen molar-refractivity contribution in [3.63, 3.8) is 0 Å². The van der Waals surface area contributed by atoms with Crippen LogP contribution in [0, 0.1) is 5.92 Å². The number of aliphatic hydroxyl groups is 1. The fraction of sp³-hybridized carbons (Fsp3) is 0.682. The van der Waals surface area contributed by atoms with E-state index in [4.69, 9.17) is 14.5 Å². The number of guanidine groups is 1. The van der Waals surface area contributed by atoms with E-state index in [1.165, 1.54) is 5.56 Å². The third kappa shape index (κ3) is 6.59. The van der Waals surface area contributed by atoms with E-state index in [-0.39, 0.29) is 12.7 Å². The van der Waals surface area contributed by atoms with Crippen LogP contribution in [0.1, 0.15) is 58.1 Å². The molecule has 1 aliphatic rings. The van der Waals surface area contributed by atoms with E-state index in [0.29, 0.717) is 19.1 Å². The maximum atomic E-state index is 9.26. The molecular formula is C22H37N3O3. The van der Waals surface area contributed by atoms with E-state index in [2.05, 4.69) is 43.5 Å². The lowest BCUT2D eigenvalue weighted by Gasteiger charge is -2.18. The summed E-state index contributed by atoms with van der Waals surface area (Å²) in [5, 5.41) is 16.0. The van der Waals surface area contributed by atoms with E-state index in [1.54, 1.807) is 0 Å². The maximum Gasteiger partial charge on any atom is 0.191 e. The van der Waals surface area contributed by atoms with Gasteiger partial charge in [-0.2, -0.15) is 0 Å². The monoisotopic (exact) mass is 391 g/mol. The lowest BCUT2D eigenvalue weighted by Crippen LogP contribution is -2.40. The number of fused-ring (bicyclic) bond motifs is 1. The molecule has 1 heterocycles. The van der Waals surface area contributed by atoms with Crippen LogP contribution in [0.3, 0.4) is 0 Å². The summed E-state index contributed by atoms with van der Waals surface area (Å²) in [5.41, 5.74) is 2.24. The number of hydrogen-bond acceptors (Lipinski definition) is 4. The Bertz CT molecular complexity index is 628. The molecule has 0 saturated heterocycles. The van der Waals surface area contributed by atoms with Crippen LogP contribution in [0.4, 0.5) is 0 Å². The predicted octanol–water partition coefficient (Wildman–Crippen LogP) is 3.26. The number of nitrogens with one attached hydrogen (secondary N) is 2. The van der Waals surface area contributed by atoms with Crippen molar-refractivity contribution >= 4 is 5.96 Å². The molecule has 0 aliphatic carbocycles. The molecule has 0 fully saturated rings. The van der Waals surface area contributed by atoms with E-state index in [0.717, 1.165) is 61.8 Å². The first-order valence-corrected chi connectivity index (χ1v) is 10.7. The van der Waals surface area contributed by atoms with Crippen molar-refractivity contribution in [2.75, 3.05) is 26.3 Å². The summed E-state index contributed by atoms with van der Waals surface area (Å²) in [6, 6.07) is 4.18. The highest BCUT2D eigenvalue weighted by Crippen LogP contribution is 2.35. The molecule has 0 aromatic heterocycles. The van der Waals surface area contributed by atoms with Crippen LogP contribution in [0.5, 0.6) is 11.5 Å². The number of rotatable bonds is 11. The molecule has 1 aliphatic heterocycles. The van der Waals surface area contributed by atoms with Crippen molar-refractivity contribution in [3.8, 4) is 11.5 Å². The van der Waals surface area contributed by atoms with Gasteiger partial charge in [0.25, 0.3) is 0 Å². The van der Waals surface area contributed by atoms with Crippen LogP contribution in [-0.4, -0.2) is 43.5 Å². The van der Waals surface area contributed by atoms with Crippen LogP contribution >= 0.6 is 0 Å². The van der Waals surface area contributed by atoms with Crippen molar-refractivity contribution in [3.05, 3.63) is 23.3 Å². The number of ether oxygens (including phenoxy) is 2. The molecule has 2 rings (SSSR count). The van der Waals surface area contributed by atoms with Crippen LogP contribution in [0.15, 0.2) is 17.1 Å². The van der Waals surface area contributed by atoms with Crippen molar-refractivity contribution in [1.82, 2.24) is 10.6 Å². The minimum absolute atomic E-state index is 0.212. The van der Waals surface area contributed by atoms with Gasteiger partial charge in [-0.1, -0.05) is 13.3 Å². The van der Waals surface area contributed by atoms with Gasteiger partial charge in [-0.05, 0) is 51.7 Å². The van der Waals surface area contributed by atoms with E-state index >= 15 is 0 Å². The summed E-state index contributed by atoms with van der Waals surface area (Å²) >= 11 is 0. The largest absolute Gasteiger partial charge is 0.494 e. The second-order valence-electron chi connectivity index (χ2n) is 7.38. The summed E-state index contributed by atoms with van der Waals surface area (Å²) in [6.45, 7) is 11.3. The van der Waals surface area contributed by atoms with Gasteiger partial charge in [-0.3, -0.25) is 0 Å². The summed E-state index contributed by atoms with van der Waals surface area (Å²) in [7, 11) is 0. The normalized spacial score (nSPS) is 17.0. The van der Waals surface area contributed by atoms with Gasteiger partial charge in [0.1, 0.15) is 17.6 Å². The Labute approximate surface area is 169 Å². The van der Waals surface area contributed by atoms with Crippen LogP contribution in [0.25, 0.3) is 0 Å². The van der Waals surface area contributed by atoms with Crippen LogP contribution in [0.2, 0.25) is 0 Å². The van der Waals surface area contributed by atoms with Crippen LogP contribution in [-0.2, 0) is 13.0 Å². The van der Waals surface area contributed by atoms with Crippen molar-refractivity contribution in [2.45, 2.75) is 66.0 Å². The van der Waals surface area contributed by atoms with E-state index in [1.807, 2.05) is 6.92 Å². The Morgan fingerprint density at radius 3 is 2.79 bits per heavy atom. The Morgan fingerprint density at radius 1 is 1.29 bits per heavy atom. The minimum Gasteiger partial charge on any atom is -0.494 e. The molecule has 3 N–H and O–H groups in total. The Morgan fingerprint density at radius 2 is 2.11 bits per heavy atom. The SMILES string of the molecule is CCCC(CCO)CNC(=NCc1cc2c(cc1OCC)CC(C)O2)NCC. The molecule has 1 aromatic rings. The average molecular weight is 392 g/mol. The van der Waals surface area contributed by atoms with Crippen LogP contribution < -0.4 is 20.1 Å². The first kappa shape index (κ1) is 22.3. The molecular weight excluding hydrogens is 354 g/mol. The minimum atomic E-state index is 0.212. The third-order valence-electron chi connectivity index (χ3n) is 4.92. The van der Waals surface area contributed by atoms with Crippen molar-refractivity contribution < 1.29 is 14.6 Å². The van der Waals surface area contributed by atoms with Gasteiger partial charge in [-0.25, -0.2) is 4.99 Å². The third-order valence-corrected chi connectivity index (χ3v) is 4.92. The highest BCUT2D eigenvalue weighted by Gasteiger charge is 2.21. The fourth-order valence-corrected chi connectivity index (χ4v) is 3.58. The number of aliphatic hydroxyl groups excluding tert-OH is 1. The zero-order chi connectivity index (χ0) is 20.4. The number of nitrogens with zero attached hydrogens (tertiary/aromatic N) is 1. The smallest absolute Gasteiger partial charge is 0.191 e. The summed E-state index contributed by atoms with van der Waals surface area (Å²) < 4.78 is 11.8. The molecule has 0 amide bonds. The predicted molar refractivity (Wildman–Crippen MR) is 114 cm³/mol. The highest BCUT2D eigenvalue weighted by molar-refractivity contribution is 5.79. The molecule has 6 heteroatoms. The Hall–Kier alpha value is -1.95. The Balaban J connectivity index is 2.09. The van der Waals surface area contributed by atoms with Gasteiger partial charge in [0.15, 0.2) is 5.96 Å². The van der Waals surface area contributed by atoms with Gasteiger partial charge in [-0.15, -0.1) is 0 Å². The molecule has 2 unspecified atom stereocenters. The molecule has 0 spiro atoms. The molecule has 28 heavy (non-hydrogen) atoms. The van der Waals surface area contributed by atoms with Gasteiger partial charge in [0.2, 0.25) is 0 Å². The van der Waals surface area contributed by atoms with Gasteiger partial charge in [0, 0.05) is 37.2 Å². The van der Waals surface area contributed by atoms with Gasteiger partial charge < -0.3 is 25.2 Å². The van der Waals surface area contributed by atoms with Crippen molar-refractivity contribution in [2.24, 2.45) is 10.9 Å². The number of benzene rings is 1.